The zero-order valence-electron chi connectivity index (χ0n) is 26.3. The maximum absolute atomic E-state index is 13.8. The van der Waals surface area contributed by atoms with Gasteiger partial charge in [-0.05, 0) is 53.1 Å². The quantitative estimate of drug-likeness (QED) is 0.339. The van der Waals surface area contributed by atoms with Gasteiger partial charge in [0.1, 0.15) is 35.6 Å². The Bertz CT molecular complexity index is 1610. The van der Waals surface area contributed by atoms with Gasteiger partial charge in [0.25, 0.3) is 0 Å². The molecular weight excluding hydrogens is 590 g/mol. The third-order valence-corrected chi connectivity index (χ3v) is 9.30. The first kappa shape index (κ1) is 32.5. The molecule has 2 aromatic rings. The number of ether oxygens (including phenoxy) is 5. The number of aliphatic hydroxyl groups is 1. The van der Waals surface area contributed by atoms with E-state index in [4.69, 9.17) is 23.7 Å². The fraction of sp³-hybridized carbons (Fsp3) is 0.500. The summed E-state index contributed by atoms with van der Waals surface area (Å²) >= 11 is 0. The molecule has 2 aliphatic carbocycles. The summed E-state index contributed by atoms with van der Waals surface area (Å²) in [6.45, 7) is 6.11. The van der Waals surface area contributed by atoms with Gasteiger partial charge in [-0.15, -0.1) is 0 Å². The van der Waals surface area contributed by atoms with Crippen molar-refractivity contribution in [3.63, 3.8) is 0 Å². The van der Waals surface area contributed by atoms with Crippen LogP contribution in [0, 0.1) is 0 Å². The summed E-state index contributed by atoms with van der Waals surface area (Å²) < 4.78 is 29.0. The number of phenols is 2. The number of ketones is 3. The molecule has 0 unspecified atom stereocenters. The lowest BCUT2D eigenvalue weighted by Gasteiger charge is -2.51. The number of esters is 1. The Morgan fingerprint density at radius 2 is 1.67 bits per heavy atom. The minimum absolute atomic E-state index is 0.0163. The standard InChI is InChI=1S/C32H37NO12/c1-13-29(44-14(2)34)31(3,33(5)6)12-19(43-13)45-27-21-16(28(39)32(4,40)30(27)42-8)11-15-20(25(21)37)26(38)22-17(35)9-10-18(41-7)23(22)24(15)36/h9-11,13,19,27,29-30,35,37,40H,12H2,1-8H3/t13-,19-,27-,29+,30+,31-,32-/m0/s1. The molecule has 1 saturated heterocycles. The molecule has 1 aliphatic heterocycles. The number of rotatable bonds is 6. The van der Waals surface area contributed by atoms with Crippen molar-refractivity contribution >= 4 is 23.3 Å². The Morgan fingerprint density at radius 1 is 1.00 bits per heavy atom. The molecule has 13 heteroatoms. The molecule has 0 aromatic heterocycles. The van der Waals surface area contributed by atoms with Crippen LogP contribution in [0.2, 0.25) is 0 Å². The van der Waals surface area contributed by atoms with Crippen molar-refractivity contribution < 1.29 is 58.2 Å². The van der Waals surface area contributed by atoms with Gasteiger partial charge in [-0.3, -0.25) is 19.2 Å². The molecule has 1 fully saturated rings. The number of Topliss-reactive ketones (excluding diaryl/α,β-unsaturated/α-hetero) is 1. The van der Waals surface area contributed by atoms with Gasteiger partial charge in [0.05, 0.1) is 35.4 Å². The second-order valence-electron chi connectivity index (χ2n) is 12.3. The summed E-state index contributed by atoms with van der Waals surface area (Å²) in [6.07, 6.45) is -5.03. The van der Waals surface area contributed by atoms with Gasteiger partial charge in [-0.2, -0.15) is 0 Å². The fourth-order valence-electron chi connectivity index (χ4n) is 6.77. The first-order valence-electron chi connectivity index (χ1n) is 14.4. The second kappa shape index (κ2) is 11.2. The summed E-state index contributed by atoms with van der Waals surface area (Å²) in [5.74, 6) is -4.22. The van der Waals surface area contributed by atoms with Gasteiger partial charge in [0.2, 0.25) is 5.78 Å². The van der Waals surface area contributed by atoms with E-state index in [2.05, 4.69) is 0 Å². The van der Waals surface area contributed by atoms with Gasteiger partial charge in [-0.25, -0.2) is 0 Å². The third kappa shape index (κ3) is 4.81. The fourth-order valence-corrected chi connectivity index (χ4v) is 6.77. The summed E-state index contributed by atoms with van der Waals surface area (Å²) in [4.78, 5) is 55.1. The van der Waals surface area contributed by atoms with Crippen molar-refractivity contribution in [2.45, 2.75) is 76.0 Å². The van der Waals surface area contributed by atoms with Crippen LogP contribution in [0.3, 0.4) is 0 Å². The van der Waals surface area contributed by atoms with Crippen LogP contribution in [0.4, 0.5) is 0 Å². The van der Waals surface area contributed by atoms with E-state index < -0.39 is 82.2 Å². The van der Waals surface area contributed by atoms with E-state index in [0.717, 1.165) is 6.07 Å². The van der Waals surface area contributed by atoms with Gasteiger partial charge < -0.3 is 43.9 Å². The van der Waals surface area contributed by atoms with Gasteiger partial charge in [0.15, 0.2) is 23.5 Å². The van der Waals surface area contributed by atoms with Crippen molar-refractivity contribution in [1.82, 2.24) is 4.90 Å². The highest BCUT2D eigenvalue weighted by Crippen LogP contribution is 2.50. The maximum Gasteiger partial charge on any atom is 0.303 e. The number of benzene rings is 2. The minimum atomic E-state index is -2.20. The topological polar surface area (TPSA) is 178 Å². The number of hydrogen-bond acceptors (Lipinski definition) is 13. The zero-order chi connectivity index (χ0) is 33.3. The van der Waals surface area contributed by atoms with Gasteiger partial charge in [-0.1, -0.05) is 0 Å². The Labute approximate surface area is 259 Å². The molecule has 3 aliphatic rings. The number of phenolic OH excluding ortho intramolecular Hbond substituents is 2. The van der Waals surface area contributed by atoms with E-state index >= 15 is 0 Å². The molecule has 1 heterocycles. The maximum atomic E-state index is 13.8. The van der Waals surface area contributed by atoms with Crippen molar-refractivity contribution in [1.29, 1.82) is 0 Å². The van der Waals surface area contributed by atoms with E-state index in [9.17, 15) is 34.5 Å². The highest BCUT2D eigenvalue weighted by Gasteiger charge is 2.56. The highest BCUT2D eigenvalue weighted by molar-refractivity contribution is 6.32. The van der Waals surface area contributed by atoms with Crippen LogP contribution in [0.5, 0.6) is 17.2 Å². The largest absolute Gasteiger partial charge is 0.507 e. The number of fused-ring (bicyclic) bond motifs is 3. The third-order valence-electron chi connectivity index (χ3n) is 9.30. The number of carbonyl (C=O) groups is 4. The van der Waals surface area contributed by atoms with E-state index in [1.54, 1.807) is 6.92 Å². The molecule has 0 bridgehead atoms. The van der Waals surface area contributed by atoms with Crippen LogP contribution in [0.1, 0.15) is 88.0 Å². The van der Waals surface area contributed by atoms with Crippen LogP contribution in [-0.4, -0.2) is 108 Å². The first-order valence-corrected chi connectivity index (χ1v) is 14.4. The molecule has 2 aromatic carbocycles. The van der Waals surface area contributed by atoms with Crippen LogP contribution in [0.25, 0.3) is 0 Å². The molecule has 242 valence electrons. The van der Waals surface area contributed by atoms with Crippen molar-refractivity contribution in [2.24, 2.45) is 0 Å². The van der Waals surface area contributed by atoms with Crippen LogP contribution in [-0.2, 0) is 23.7 Å². The second-order valence-corrected chi connectivity index (χ2v) is 12.3. The number of nitrogens with zero attached hydrogens (tertiary/aromatic N) is 1. The van der Waals surface area contributed by atoms with Crippen molar-refractivity contribution in [2.75, 3.05) is 28.3 Å². The minimum Gasteiger partial charge on any atom is -0.507 e. The van der Waals surface area contributed by atoms with Gasteiger partial charge in [0, 0.05) is 37.1 Å². The van der Waals surface area contributed by atoms with Crippen LogP contribution in [0.15, 0.2) is 18.2 Å². The number of methoxy groups -OCH3 is 2. The molecule has 7 atom stereocenters. The lowest BCUT2D eigenvalue weighted by atomic mass is 9.72. The molecular formula is C32H37NO12. The average Bonchev–Trinajstić information content (AvgIpc) is 2.95. The molecule has 0 saturated carbocycles. The Hall–Kier alpha value is -3.88. The van der Waals surface area contributed by atoms with E-state index in [1.165, 1.54) is 40.2 Å². The monoisotopic (exact) mass is 627 g/mol. The van der Waals surface area contributed by atoms with Crippen LogP contribution < -0.4 is 4.74 Å². The molecule has 0 amide bonds. The molecule has 3 N–H and O–H groups in total. The summed E-state index contributed by atoms with van der Waals surface area (Å²) in [5, 5.41) is 33.8. The predicted octanol–water partition coefficient (Wildman–Crippen LogP) is 2.29. The number of likely N-dealkylation sites (N-methyl/N-ethyl adjacent to an activating group) is 1. The first-order chi connectivity index (χ1) is 21.0. The number of carbonyl (C=O) groups excluding carboxylic acids is 4. The molecule has 45 heavy (non-hydrogen) atoms. The van der Waals surface area contributed by atoms with E-state index in [1.807, 2.05) is 25.9 Å². The highest BCUT2D eigenvalue weighted by atomic mass is 16.7. The van der Waals surface area contributed by atoms with E-state index in [-0.39, 0.29) is 40.0 Å². The van der Waals surface area contributed by atoms with Crippen molar-refractivity contribution in [3.05, 3.63) is 51.6 Å². The summed E-state index contributed by atoms with van der Waals surface area (Å²) in [5.41, 5.74) is -4.77. The van der Waals surface area contributed by atoms with E-state index in [0.29, 0.717) is 0 Å². The predicted molar refractivity (Wildman–Crippen MR) is 156 cm³/mol. The molecule has 0 radical (unpaired) electrons. The Balaban J connectivity index is 1.66. The van der Waals surface area contributed by atoms with Gasteiger partial charge >= 0.3 is 5.97 Å². The Morgan fingerprint density at radius 3 is 2.24 bits per heavy atom. The number of aromatic hydroxyl groups is 2. The summed E-state index contributed by atoms with van der Waals surface area (Å²) in [7, 11) is 6.17. The van der Waals surface area contributed by atoms with Crippen LogP contribution >= 0.6 is 0 Å². The van der Waals surface area contributed by atoms with Crippen molar-refractivity contribution in [3.8, 4) is 17.2 Å². The number of hydrogen-bond donors (Lipinski definition) is 3. The SMILES string of the molecule is COc1ccc(O)c2c1C(=O)c1cc3c(c(O)c1C2=O)[C@H](O[C@H]1C[C@](C)(N(C)C)[C@H](OC(C)=O)[C@H](C)O1)[C@@H](OC)[C@@](C)(O)C3=O. The molecule has 5 rings (SSSR count). The average molecular weight is 628 g/mol. The molecule has 13 nitrogen and oxygen atoms in total. The molecule has 0 spiro atoms. The lowest BCUT2D eigenvalue weighted by Crippen LogP contribution is -2.63. The zero-order valence-corrected chi connectivity index (χ0v) is 26.3. The smallest absolute Gasteiger partial charge is 0.303 e. The normalized spacial score (nSPS) is 30.9. The Kier molecular flexibility index (Phi) is 8.07. The summed E-state index contributed by atoms with van der Waals surface area (Å²) in [6, 6.07) is 3.66. The lowest BCUT2D eigenvalue weighted by molar-refractivity contribution is -0.287.